The summed E-state index contributed by atoms with van der Waals surface area (Å²) in [6.45, 7) is 0.0189. The normalized spacial score (nSPS) is 11.9. The second kappa shape index (κ2) is 6.76. The number of aromatic hydroxyl groups is 1. The number of hydrogen-bond acceptors (Lipinski definition) is 4. The Hall–Kier alpha value is -2.53. The van der Waals surface area contributed by atoms with E-state index in [1.807, 2.05) is 30.3 Å². The number of nitrogens with one attached hydrogen (secondary N) is 1. The fourth-order valence-corrected chi connectivity index (χ4v) is 2.15. The summed E-state index contributed by atoms with van der Waals surface area (Å²) in [5.41, 5.74) is 6.78. The largest absolute Gasteiger partial charge is 0.507 e. The second-order valence-electron chi connectivity index (χ2n) is 4.62. The monoisotopic (exact) mass is 286 g/mol. The van der Waals surface area contributed by atoms with E-state index < -0.39 is 5.91 Å². The summed E-state index contributed by atoms with van der Waals surface area (Å²) in [7, 11) is 1.54. The van der Waals surface area contributed by atoms with Crippen LogP contribution in [0.15, 0.2) is 48.5 Å². The molecule has 0 aliphatic carbocycles. The molecule has 110 valence electrons. The van der Waals surface area contributed by atoms with Gasteiger partial charge in [-0.2, -0.15) is 0 Å². The minimum atomic E-state index is -0.455. The van der Waals surface area contributed by atoms with Crippen LogP contribution in [0.1, 0.15) is 17.2 Å². The number of methoxy groups -OCH3 is 1. The summed E-state index contributed by atoms with van der Waals surface area (Å²) < 4.78 is 5.08. The third-order valence-electron chi connectivity index (χ3n) is 3.16. The van der Waals surface area contributed by atoms with Crippen LogP contribution in [-0.4, -0.2) is 24.7 Å². The van der Waals surface area contributed by atoms with Gasteiger partial charge in [0.05, 0.1) is 19.7 Å². The van der Waals surface area contributed by atoms with Gasteiger partial charge in [0.2, 0.25) is 5.91 Å². The Morgan fingerprint density at radius 1 is 1.29 bits per heavy atom. The molecule has 4 N–H and O–H groups in total. The van der Waals surface area contributed by atoms with Gasteiger partial charge in [-0.1, -0.05) is 30.3 Å². The zero-order valence-corrected chi connectivity index (χ0v) is 11.7. The number of nitrogens with two attached hydrogens (primary N) is 1. The van der Waals surface area contributed by atoms with Gasteiger partial charge in [0, 0.05) is 11.6 Å². The molecule has 0 spiro atoms. The van der Waals surface area contributed by atoms with E-state index in [4.69, 9.17) is 10.5 Å². The molecule has 0 aliphatic heterocycles. The molecule has 0 fully saturated rings. The smallest absolute Gasteiger partial charge is 0.231 e. The van der Waals surface area contributed by atoms with E-state index in [0.717, 1.165) is 5.56 Å². The number of phenols is 1. The van der Waals surface area contributed by atoms with Crippen LogP contribution < -0.4 is 15.8 Å². The molecule has 2 aromatic rings. The molecule has 0 saturated carbocycles. The van der Waals surface area contributed by atoms with Crippen molar-refractivity contribution in [1.82, 2.24) is 5.32 Å². The van der Waals surface area contributed by atoms with Crippen LogP contribution in [0.5, 0.6) is 11.5 Å². The third-order valence-corrected chi connectivity index (χ3v) is 3.16. The van der Waals surface area contributed by atoms with Crippen LogP contribution in [0, 0.1) is 0 Å². The highest BCUT2D eigenvalue weighted by molar-refractivity contribution is 5.76. The average Bonchev–Trinajstić information content (AvgIpc) is 2.49. The SMILES string of the molecule is COc1ccc(C(NCC(N)=O)c2ccccc2)c(O)c1. The van der Waals surface area contributed by atoms with E-state index in [1.165, 1.54) is 13.2 Å². The van der Waals surface area contributed by atoms with Crippen molar-refractivity contribution in [1.29, 1.82) is 0 Å². The Bertz CT molecular complexity index is 614. The van der Waals surface area contributed by atoms with Crippen LogP contribution in [0.4, 0.5) is 0 Å². The number of rotatable bonds is 6. The van der Waals surface area contributed by atoms with E-state index in [1.54, 1.807) is 12.1 Å². The Balaban J connectivity index is 2.37. The van der Waals surface area contributed by atoms with Crippen LogP contribution in [0.3, 0.4) is 0 Å². The summed E-state index contributed by atoms with van der Waals surface area (Å²) in [6, 6.07) is 14.3. The van der Waals surface area contributed by atoms with Crippen molar-refractivity contribution >= 4 is 5.91 Å². The third kappa shape index (κ3) is 3.73. The molecule has 1 amide bonds. The first kappa shape index (κ1) is 14.9. The first-order chi connectivity index (χ1) is 10.1. The highest BCUT2D eigenvalue weighted by atomic mass is 16.5. The molecule has 2 rings (SSSR count). The lowest BCUT2D eigenvalue weighted by Gasteiger charge is -2.20. The number of benzene rings is 2. The van der Waals surface area contributed by atoms with Crippen molar-refractivity contribution in [2.45, 2.75) is 6.04 Å². The summed E-state index contributed by atoms with van der Waals surface area (Å²) in [4.78, 5) is 11.0. The Kier molecular flexibility index (Phi) is 4.79. The second-order valence-corrected chi connectivity index (χ2v) is 4.62. The van der Waals surface area contributed by atoms with Gasteiger partial charge in [0.15, 0.2) is 0 Å². The maximum absolute atomic E-state index is 11.0. The fraction of sp³-hybridized carbons (Fsp3) is 0.188. The van der Waals surface area contributed by atoms with Crippen molar-refractivity contribution in [3.63, 3.8) is 0 Å². The molecule has 1 unspecified atom stereocenters. The van der Waals surface area contributed by atoms with Crippen molar-refractivity contribution in [2.24, 2.45) is 5.73 Å². The minimum Gasteiger partial charge on any atom is -0.507 e. The van der Waals surface area contributed by atoms with Gasteiger partial charge < -0.3 is 15.6 Å². The highest BCUT2D eigenvalue weighted by Crippen LogP contribution is 2.32. The van der Waals surface area contributed by atoms with Gasteiger partial charge in [-0.05, 0) is 17.7 Å². The number of ether oxygens (including phenoxy) is 1. The van der Waals surface area contributed by atoms with Crippen molar-refractivity contribution in [2.75, 3.05) is 13.7 Å². The molecule has 0 heterocycles. The van der Waals surface area contributed by atoms with Gasteiger partial charge in [-0.25, -0.2) is 0 Å². The van der Waals surface area contributed by atoms with Crippen LogP contribution in [0.2, 0.25) is 0 Å². The predicted octanol–water partition coefficient (Wildman–Crippen LogP) is 1.57. The molecule has 1 atom stereocenters. The van der Waals surface area contributed by atoms with E-state index in [2.05, 4.69) is 5.32 Å². The number of primary amides is 1. The van der Waals surface area contributed by atoms with E-state index in [0.29, 0.717) is 11.3 Å². The lowest BCUT2D eigenvalue weighted by Crippen LogP contribution is -2.32. The van der Waals surface area contributed by atoms with Crippen molar-refractivity contribution < 1.29 is 14.6 Å². The quantitative estimate of drug-likeness (QED) is 0.752. The molecular weight excluding hydrogens is 268 g/mol. The number of hydrogen-bond donors (Lipinski definition) is 3. The van der Waals surface area contributed by atoms with E-state index in [-0.39, 0.29) is 18.3 Å². The summed E-state index contributed by atoms with van der Waals surface area (Å²) in [6.07, 6.45) is 0. The lowest BCUT2D eigenvalue weighted by atomic mass is 9.97. The van der Waals surface area contributed by atoms with Crippen LogP contribution >= 0.6 is 0 Å². The Morgan fingerprint density at radius 2 is 2.00 bits per heavy atom. The Labute approximate surface area is 123 Å². The number of carbonyl (C=O) groups is 1. The predicted molar refractivity (Wildman–Crippen MR) is 80.1 cm³/mol. The topological polar surface area (TPSA) is 84.6 Å². The molecule has 0 aromatic heterocycles. The molecule has 2 aromatic carbocycles. The molecule has 0 saturated heterocycles. The summed E-state index contributed by atoms with van der Waals surface area (Å²) >= 11 is 0. The average molecular weight is 286 g/mol. The summed E-state index contributed by atoms with van der Waals surface area (Å²) in [5, 5.41) is 13.2. The van der Waals surface area contributed by atoms with E-state index >= 15 is 0 Å². The van der Waals surface area contributed by atoms with E-state index in [9.17, 15) is 9.90 Å². The molecule has 5 nitrogen and oxygen atoms in total. The van der Waals surface area contributed by atoms with Gasteiger partial charge >= 0.3 is 0 Å². The maximum Gasteiger partial charge on any atom is 0.231 e. The van der Waals surface area contributed by atoms with Crippen LogP contribution in [0.25, 0.3) is 0 Å². The van der Waals surface area contributed by atoms with Gasteiger partial charge in [0.1, 0.15) is 11.5 Å². The maximum atomic E-state index is 11.0. The standard InChI is InChI=1S/C16H18N2O3/c1-21-12-7-8-13(14(19)9-12)16(18-10-15(17)20)11-5-3-2-4-6-11/h2-9,16,18-19H,10H2,1H3,(H2,17,20). The minimum absolute atomic E-state index is 0.0189. The van der Waals surface area contributed by atoms with Crippen molar-refractivity contribution in [3.8, 4) is 11.5 Å². The zero-order chi connectivity index (χ0) is 15.2. The zero-order valence-electron chi connectivity index (χ0n) is 11.7. The first-order valence-electron chi connectivity index (χ1n) is 6.55. The van der Waals surface area contributed by atoms with Gasteiger partial charge in [-0.15, -0.1) is 0 Å². The number of carbonyl (C=O) groups excluding carboxylic acids is 1. The first-order valence-corrected chi connectivity index (χ1v) is 6.55. The number of phenolic OH excluding ortho intramolecular Hbond substituents is 1. The lowest BCUT2D eigenvalue weighted by molar-refractivity contribution is -0.117. The van der Waals surface area contributed by atoms with Gasteiger partial charge in [-0.3, -0.25) is 10.1 Å². The molecule has 5 heteroatoms. The number of amides is 1. The summed E-state index contributed by atoms with van der Waals surface area (Å²) in [5.74, 6) is 0.210. The Morgan fingerprint density at radius 3 is 2.57 bits per heavy atom. The van der Waals surface area contributed by atoms with Crippen molar-refractivity contribution in [3.05, 3.63) is 59.7 Å². The molecule has 21 heavy (non-hydrogen) atoms. The molecular formula is C16H18N2O3. The van der Waals surface area contributed by atoms with Gasteiger partial charge in [0.25, 0.3) is 0 Å². The molecule has 0 bridgehead atoms. The molecule has 0 radical (unpaired) electrons. The highest BCUT2D eigenvalue weighted by Gasteiger charge is 2.18. The molecule has 0 aliphatic rings. The van der Waals surface area contributed by atoms with Crippen LogP contribution in [-0.2, 0) is 4.79 Å². The fourth-order valence-electron chi connectivity index (χ4n) is 2.15.